The molecule has 0 unspecified atom stereocenters. The van der Waals surface area contributed by atoms with Crippen LogP contribution in [-0.4, -0.2) is 29.5 Å². The van der Waals surface area contributed by atoms with Crippen molar-refractivity contribution in [2.45, 2.75) is 25.8 Å². The van der Waals surface area contributed by atoms with Crippen LogP contribution in [0.2, 0.25) is 5.02 Å². The lowest BCUT2D eigenvalue weighted by Gasteiger charge is -2.28. The molecule has 0 bridgehead atoms. The van der Waals surface area contributed by atoms with Crippen LogP contribution in [0, 0.1) is 18.3 Å². The van der Waals surface area contributed by atoms with E-state index < -0.39 is 0 Å². The summed E-state index contributed by atoms with van der Waals surface area (Å²) in [5, 5.41) is 13.1. The minimum atomic E-state index is 0.142. The maximum Gasteiger partial charge on any atom is 0.232 e. The highest BCUT2D eigenvalue weighted by Crippen LogP contribution is 2.31. The van der Waals surface area contributed by atoms with Crippen LogP contribution in [0.5, 0.6) is 0 Å². The number of aromatic nitrogens is 1. The number of aryl methyl sites for hydroxylation is 1. The van der Waals surface area contributed by atoms with Gasteiger partial charge in [0.15, 0.2) is 5.89 Å². The molecule has 2 aromatic rings. The van der Waals surface area contributed by atoms with Crippen molar-refractivity contribution in [1.82, 2.24) is 9.88 Å². The van der Waals surface area contributed by atoms with Crippen molar-refractivity contribution in [1.29, 1.82) is 5.26 Å². The first-order chi connectivity index (χ1) is 11.2. The Balaban J connectivity index is 1.82. The number of nitrogens with one attached hydrogen (secondary N) is 1. The van der Waals surface area contributed by atoms with Gasteiger partial charge in [-0.25, -0.2) is 4.98 Å². The maximum absolute atomic E-state index is 9.13. The van der Waals surface area contributed by atoms with Crippen LogP contribution in [0.1, 0.15) is 36.0 Å². The van der Waals surface area contributed by atoms with Gasteiger partial charge in [-0.3, -0.25) is 4.90 Å². The Morgan fingerprint density at radius 3 is 2.83 bits per heavy atom. The van der Waals surface area contributed by atoms with Crippen LogP contribution in [-0.2, 0) is 0 Å². The number of nitrogens with zero attached hydrogens (tertiary/aromatic N) is 3. The SMILES string of the molecule is Cc1nc(C#N)c(NC[C@H](c2ccccc2Cl)N2CCCC2)o1. The molecule has 1 aliphatic rings. The van der Waals surface area contributed by atoms with Crippen molar-refractivity contribution in [2.75, 3.05) is 25.0 Å². The molecule has 23 heavy (non-hydrogen) atoms. The smallest absolute Gasteiger partial charge is 0.232 e. The molecule has 6 heteroatoms. The van der Waals surface area contributed by atoms with E-state index in [-0.39, 0.29) is 6.04 Å². The minimum Gasteiger partial charge on any atom is -0.424 e. The van der Waals surface area contributed by atoms with Crippen LogP contribution in [0.15, 0.2) is 28.7 Å². The van der Waals surface area contributed by atoms with Crippen molar-refractivity contribution < 1.29 is 4.42 Å². The molecule has 1 atom stereocenters. The largest absolute Gasteiger partial charge is 0.424 e. The summed E-state index contributed by atoms with van der Waals surface area (Å²) >= 11 is 6.40. The minimum absolute atomic E-state index is 0.142. The number of hydrogen-bond acceptors (Lipinski definition) is 5. The number of hydrogen-bond donors (Lipinski definition) is 1. The molecule has 1 aliphatic heterocycles. The van der Waals surface area contributed by atoms with Gasteiger partial charge in [0.1, 0.15) is 6.07 Å². The summed E-state index contributed by atoms with van der Waals surface area (Å²) in [5.41, 5.74) is 1.39. The second-order valence-electron chi connectivity index (χ2n) is 5.68. The number of benzene rings is 1. The summed E-state index contributed by atoms with van der Waals surface area (Å²) in [4.78, 5) is 6.49. The summed E-state index contributed by atoms with van der Waals surface area (Å²) in [6.07, 6.45) is 2.40. The van der Waals surface area contributed by atoms with E-state index >= 15 is 0 Å². The molecule has 5 nitrogen and oxygen atoms in total. The van der Waals surface area contributed by atoms with Gasteiger partial charge in [-0.1, -0.05) is 29.8 Å². The molecule has 120 valence electrons. The van der Waals surface area contributed by atoms with Gasteiger partial charge in [-0.05, 0) is 37.6 Å². The molecule has 2 heterocycles. The molecular weight excluding hydrogens is 312 g/mol. The Kier molecular flexibility index (Phi) is 4.85. The lowest BCUT2D eigenvalue weighted by molar-refractivity contribution is 0.255. The average Bonchev–Trinajstić information content (AvgIpc) is 3.19. The third kappa shape index (κ3) is 3.49. The number of rotatable bonds is 5. The van der Waals surface area contributed by atoms with E-state index in [0.29, 0.717) is 24.0 Å². The van der Waals surface area contributed by atoms with Crippen LogP contribution >= 0.6 is 11.6 Å². The maximum atomic E-state index is 9.13. The number of anilines is 1. The third-order valence-electron chi connectivity index (χ3n) is 4.14. The van der Waals surface area contributed by atoms with Gasteiger partial charge >= 0.3 is 0 Å². The molecule has 1 saturated heterocycles. The number of halogens is 1. The fourth-order valence-electron chi connectivity index (χ4n) is 3.05. The summed E-state index contributed by atoms with van der Waals surface area (Å²) in [6.45, 7) is 4.46. The van der Waals surface area contributed by atoms with E-state index in [2.05, 4.69) is 27.3 Å². The molecular formula is C17H19ClN4O. The summed E-state index contributed by atoms with van der Waals surface area (Å²) in [7, 11) is 0. The zero-order valence-corrected chi connectivity index (χ0v) is 13.8. The highest BCUT2D eigenvalue weighted by atomic mass is 35.5. The van der Waals surface area contributed by atoms with E-state index in [1.165, 1.54) is 12.8 Å². The highest BCUT2D eigenvalue weighted by Gasteiger charge is 2.25. The van der Waals surface area contributed by atoms with Gasteiger partial charge in [-0.15, -0.1) is 0 Å². The van der Waals surface area contributed by atoms with E-state index in [1.807, 2.05) is 18.2 Å². The van der Waals surface area contributed by atoms with Crippen molar-refractivity contribution in [2.24, 2.45) is 0 Å². The third-order valence-corrected chi connectivity index (χ3v) is 4.49. The molecule has 1 N–H and O–H groups in total. The molecule has 3 rings (SSSR count). The van der Waals surface area contributed by atoms with Crippen molar-refractivity contribution in [3.05, 3.63) is 46.4 Å². The molecule has 0 spiro atoms. The van der Waals surface area contributed by atoms with Gasteiger partial charge in [0, 0.05) is 18.5 Å². The van der Waals surface area contributed by atoms with Gasteiger partial charge in [0.2, 0.25) is 11.6 Å². The molecule has 0 aliphatic carbocycles. The second kappa shape index (κ2) is 7.03. The molecule has 0 radical (unpaired) electrons. The normalized spacial score (nSPS) is 16.2. The van der Waals surface area contributed by atoms with Gasteiger partial charge in [0.25, 0.3) is 0 Å². The van der Waals surface area contributed by atoms with Gasteiger partial charge < -0.3 is 9.73 Å². The van der Waals surface area contributed by atoms with Crippen molar-refractivity contribution in [3.63, 3.8) is 0 Å². The lowest BCUT2D eigenvalue weighted by Crippen LogP contribution is -2.31. The van der Waals surface area contributed by atoms with Gasteiger partial charge in [0.05, 0.1) is 6.04 Å². The van der Waals surface area contributed by atoms with E-state index in [4.69, 9.17) is 21.3 Å². The fourth-order valence-corrected chi connectivity index (χ4v) is 3.31. The monoisotopic (exact) mass is 330 g/mol. The van der Waals surface area contributed by atoms with E-state index in [0.717, 1.165) is 23.7 Å². The standard InChI is InChI=1S/C17H19ClN4O/c1-12-21-15(10-19)17(23-12)20-11-16(22-8-4-5-9-22)13-6-2-3-7-14(13)18/h2-3,6-7,16,20H,4-5,8-9,11H2,1H3/t16-/m1/s1. The predicted octanol–water partition coefficient (Wildman–Crippen LogP) is 3.76. The highest BCUT2D eigenvalue weighted by molar-refractivity contribution is 6.31. The molecule has 1 aromatic heterocycles. The fraction of sp³-hybridized carbons (Fsp3) is 0.412. The summed E-state index contributed by atoms with van der Waals surface area (Å²) in [6, 6.07) is 10.1. The van der Waals surface area contributed by atoms with E-state index in [1.54, 1.807) is 6.92 Å². The second-order valence-corrected chi connectivity index (χ2v) is 6.09. The Bertz CT molecular complexity index is 716. The van der Waals surface area contributed by atoms with Crippen molar-refractivity contribution >= 4 is 17.5 Å². The number of oxazole rings is 1. The zero-order chi connectivity index (χ0) is 16.2. The van der Waals surface area contributed by atoms with Crippen LogP contribution < -0.4 is 5.32 Å². The first-order valence-electron chi connectivity index (χ1n) is 7.79. The Labute approximate surface area is 140 Å². The summed E-state index contributed by atoms with van der Waals surface area (Å²) in [5.74, 6) is 0.917. The Morgan fingerprint density at radius 1 is 1.39 bits per heavy atom. The zero-order valence-electron chi connectivity index (χ0n) is 13.1. The van der Waals surface area contributed by atoms with Crippen LogP contribution in [0.4, 0.5) is 5.88 Å². The molecule has 1 fully saturated rings. The van der Waals surface area contributed by atoms with Crippen molar-refractivity contribution in [3.8, 4) is 6.07 Å². The van der Waals surface area contributed by atoms with E-state index in [9.17, 15) is 0 Å². The topological polar surface area (TPSA) is 65.1 Å². The summed E-state index contributed by atoms with van der Waals surface area (Å²) < 4.78 is 5.49. The number of likely N-dealkylation sites (tertiary alicyclic amines) is 1. The number of nitriles is 1. The first-order valence-corrected chi connectivity index (χ1v) is 8.16. The Morgan fingerprint density at radius 2 is 2.13 bits per heavy atom. The molecule has 0 amide bonds. The molecule has 1 aromatic carbocycles. The Hall–Kier alpha value is -2.03. The quantitative estimate of drug-likeness (QED) is 0.904. The van der Waals surface area contributed by atoms with Gasteiger partial charge in [-0.2, -0.15) is 5.26 Å². The van der Waals surface area contributed by atoms with Crippen LogP contribution in [0.3, 0.4) is 0 Å². The average molecular weight is 331 g/mol. The van der Waals surface area contributed by atoms with Crippen LogP contribution in [0.25, 0.3) is 0 Å². The first kappa shape index (κ1) is 15.9. The molecule has 0 saturated carbocycles. The predicted molar refractivity (Wildman–Crippen MR) is 89.4 cm³/mol. The lowest BCUT2D eigenvalue weighted by atomic mass is 10.1.